The summed E-state index contributed by atoms with van der Waals surface area (Å²) in [6.45, 7) is 8.46. The van der Waals surface area contributed by atoms with E-state index in [9.17, 15) is 0 Å². The van der Waals surface area contributed by atoms with Gasteiger partial charge in [0.2, 0.25) is 0 Å². The summed E-state index contributed by atoms with van der Waals surface area (Å²) in [6, 6.07) is 8.53. The van der Waals surface area contributed by atoms with Gasteiger partial charge >= 0.3 is 0 Å². The molecule has 0 saturated carbocycles. The van der Waals surface area contributed by atoms with Gasteiger partial charge in [0, 0.05) is 7.11 Å². The Morgan fingerprint density at radius 2 is 1.82 bits per heavy atom. The third-order valence-corrected chi connectivity index (χ3v) is 4.12. The van der Waals surface area contributed by atoms with Crippen molar-refractivity contribution in [1.29, 1.82) is 0 Å². The monoisotopic (exact) mass is 234 g/mol. The van der Waals surface area contributed by atoms with Gasteiger partial charge in [0.15, 0.2) is 0 Å². The molecule has 1 aliphatic heterocycles. The van der Waals surface area contributed by atoms with Crippen molar-refractivity contribution in [1.82, 2.24) is 0 Å². The van der Waals surface area contributed by atoms with E-state index in [0.717, 1.165) is 6.42 Å². The van der Waals surface area contributed by atoms with Gasteiger partial charge in [0.05, 0.1) is 5.60 Å². The highest BCUT2D eigenvalue weighted by Crippen LogP contribution is 2.55. The molecule has 0 N–H and O–H groups in total. The second kappa shape index (κ2) is 4.11. The lowest BCUT2D eigenvalue weighted by Crippen LogP contribution is -2.67. The van der Waals surface area contributed by atoms with E-state index in [2.05, 4.69) is 52.0 Å². The van der Waals surface area contributed by atoms with Gasteiger partial charge in [-0.2, -0.15) is 0 Å². The zero-order chi connectivity index (χ0) is 12.7. The summed E-state index contributed by atoms with van der Waals surface area (Å²) in [7, 11) is 1.79. The molecule has 1 heterocycles. The fourth-order valence-corrected chi connectivity index (χ4v) is 2.93. The topological polar surface area (TPSA) is 18.5 Å². The van der Waals surface area contributed by atoms with Crippen LogP contribution in [0.4, 0.5) is 0 Å². The molecule has 0 aromatic heterocycles. The second-order valence-electron chi connectivity index (χ2n) is 5.37. The molecule has 1 saturated heterocycles. The molecule has 0 radical (unpaired) electrons. The molecule has 1 aromatic rings. The molecule has 0 aliphatic carbocycles. The zero-order valence-electron chi connectivity index (χ0n) is 11.4. The quantitative estimate of drug-likeness (QED) is 0.795. The SMILES string of the molecule is CCC1(OC)C(c2ccc(C)cc2)OC1(C)C. The van der Waals surface area contributed by atoms with Gasteiger partial charge in [-0.3, -0.25) is 0 Å². The lowest BCUT2D eigenvalue weighted by Gasteiger charge is -2.60. The summed E-state index contributed by atoms with van der Waals surface area (Å²) >= 11 is 0. The predicted molar refractivity (Wildman–Crippen MR) is 69.1 cm³/mol. The molecule has 2 heteroatoms. The average Bonchev–Trinajstić information content (AvgIpc) is 2.29. The molecule has 2 rings (SSSR count). The number of benzene rings is 1. The van der Waals surface area contributed by atoms with Crippen LogP contribution in [0.1, 0.15) is 44.4 Å². The van der Waals surface area contributed by atoms with Crippen molar-refractivity contribution in [3.63, 3.8) is 0 Å². The van der Waals surface area contributed by atoms with Crippen molar-refractivity contribution >= 4 is 0 Å². The molecule has 2 nitrogen and oxygen atoms in total. The molecule has 1 aromatic carbocycles. The first-order valence-electron chi connectivity index (χ1n) is 6.26. The molecule has 0 spiro atoms. The van der Waals surface area contributed by atoms with E-state index in [4.69, 9.17) is 9.47 Å². The maximum Gasteiger partial charge on any atom is 0.126 e. The molecule has 2 atom stereocenters. The summed E-state index contributed by atoms with van der Waals surface area (Å²) < 4.78 is 11.8. The van der Waals surface area contributed by atoms with Crippen LogP contribution in [-0.4, -0.2) is 18.3 Å². The Balaban J connectivity index is 2.32. The van der Waals surface area contributed by atoms with Crippen LogP contribution in [0.15, 0.2) is 24.3 Å². The minimum absolute atomic E-state index is 0.0492. The third-order valence-electron chi connectivity index (χ3n) is 4.12. The number of ether oxygens (including phenoxy) is 2. The van der Waals surface area contributed by atoms with E-state index in [1.54, 1.807) is 7.11 Å². The lowest BCUT2D eigenvalue weighted by atomic mass is 9.70. The van der Waals surface area contributed by atoms with Crippen molar-refractivity contribution in [2.45, 2.75) is 51.4 Å². The Bertz CT molecular complexity index is 388. The van der Waals surface area contributed by atoms with Crippen molar-refractivity contribution < 1.29 is 9.47 Å². The van der Waals surface area contributed by atoms with Gasteiger partial charge in [-0.25, -0.2) is 0 Å². The van der Waals surface area contributed by atoms with E-state index in [0.29, 0.717) is 0 Å². The lowest BCUT2D eigenvalue weighted by molar-refractivity contribution is -0.352. The molecular formula is C15H22O2. The molecule has 0 bridgehead atoms. The van der Waals surface area contributed by atoms with E-state index >= 15 is 0 Å². The summed E-state index contributed by atoms with van der Waals surface area (Å²) in [6.07, 6.45) is 1.00. The molecule has 17 heavy (non-hydrogen) atoms. The summed E-state index contributed by atoms with van der Waals surface area (Å²) in [5.74, 6) is 0. The van der Waals surface area contributed by atoms with Crippen LogP contribution in [0.2, 0.25) is 0 Å². The number of methoxy groups -OCH3 is 1. The van der Waals surface area contributed by atoms with Crippen molar-refractivity contribution in [3.05, 3.63) is 35.4 Å². The van der Waals surface area contributed by atoms with Gasteiger partial charge in [-0.15, -0.1) is 0 Å². The molecule has 0 amide bonds. The molecule has 1 aliphatic rings. The van der Waals surface area contributed by atoms with Gasteiger partial charge < -0.3 is 9.47 Å². The van der Waals surface area contributed by atoms with Crippen molar-refractivity contribution in [2.75, 3.05) is 7.11 Å². The smallest absolute Gasteiger partial charge is 0.126 e. The maximum absolute atomic E-state index is 6.03. The van der Waals surface area contributed by atoms with Crippen LogP contribution in [0, 0.1) is 6.92 Å². The number of hydrogen-bond donors (Lipinski definition) is 0. The Labute approximate surface area is 104 Å². The van der Waals surface area contributed by atoms with Gasteiger partial charge in [-0.05, 0) is 32.8 Å². The summed E-state index contributed by atoms with van der Waals surface area (Å²) in [4.78, 5) is 0. The highest BCUT2D eigenvalue weighted by Gasteiger charge is 2.62. The zero-order valence-corrected chi connectivity index (χ0v) is 11.4. The Hall–Kier alpha value is -0.860. The minimum Gasteiger partial charge on any atom is -0.372 e. The Morgan fingerprint density at radius 1 is 1.24 bits per heavy atom. The van der Waals surface area contributed by atoms with Gasteiger partial charge in [0.1, 0.15) is 11.7 Å². The van der Waals surface area contributed by atoms with Crippen LogP contribution in [0.3, 0.4) is 0 Å². The standard InChI is InChI=1S/C15H22O2/c1-6-15(16-5)13(17-14(15,3)4)12-9-7-11(2)8-10-12/h7-10,13H,6H2,1-5H3. The summed E-state index contributed by atoms with van der Waals surface area (Å²) in [5, 5.41) is 0. The fraction of sp³-hybridized carbons (Fsp3) is 0.600. The van der Waals surface area contributed by atoms with E-state index in [-0.39, 0.29) is 17.3 Å². The molecule has 1 fully saturated rings. The first-order valence-corrected chi connectivity index (χ1v) is 6.26. The van der Waals surface area contributed by atoms with Gasteiger partial charge in [-0.1, -0.05) is 36.8 Å². The highest BCUT2D eigenvalue weighted by atomic mass is 16.6. The van der Waals surface area contributed by atoms with Gasteiger partial charge in [0.25, 0.3) is 0 Å². The van der Waals surface area contributed by atoms with E-state index in [1.807, 2.05) is 0 Å². The normalized spacial score (nSPS) is 31.0. The van der Waals surface area contributed by atoms with Crippen LogP contribution >= 0.6 is 0 Å². The minimum atomic E-state index is -0.216. The maximum atomic E-state index is 6.03. The van der Waals surface area contributed by atoms with Crippen LogP contribution in [-0.2, 0) is 9.47 Å². The number of aryl methyl sites for hydroxylation is 1. The number of hydrogen-bond acceptors (Lipinski definition) is 2. The van der Waals surface area contributed by atoms with Crippen LogP contribution < -0.4 is 0 Å². The average molecular weight is 234 g/mol. The molecular weight excluding hydrogens is 212 g/mol. The van der Waals surface area contributed by atoms with Crippen LogP contribution in [0.5, 0.6) is 0 Å². The predicted octanol–water partition coefficient (Wildman–Crippen LogP) is 3.64. The molecule has 94 valence electrons. The summed E-state index contributed by atoms with van der Waals surface area (Å²) in [5.41, 5.74) is 2.05. The Kier molecular flexibility index (Phi) is 3.04. The second-order valence-corrected chi connectivity index (χ2v) is 5.37. The molecule has 2 unspecified atom stereocenters. The first-order chi connectivity index (χ1) is 7.97. The van der Waals surface area contributed by atoms with Crippen LogP contribution in [0.25, 0.3) is 0 Å². The largest absolute Gasteiger partial charge is 0.372 e. The van der Waals surface area contributed by atoms with Crippen molar-refractivity contribution in [3.8, 4) is 0 Å². The highest BCUT2D eigenvalue weighted by molar-refractivity contribution is 5.30. The number of rotatable bonds is 3. The first kappa shape index (κ1) is 12.6. The third kappa shape index (κ3) is 1.71. The van der Waals surface area contributed by atoms with Crippen molar-refractivity contribution in [2.24, 2.45) is 0 Å². The Morgan fingerprint density at radius 3 is 2.24 bits per heavy atom. The van der Waals surface area contributed by atoms with E-state index in [1.165, 1.54) is 11.1 Å². The fourth-order valence-electron chi connectivity index (χ4n) is 2.93. The van der Waals surface area contributed by atoms with E-state index < -0.39 is 0 Å².